The molecule has 164 valence electrons. The summed E-state index contributed by atoms with van der Waals surface area (Å²) < 4.78 is 1.16. The topological polar surface area (TPSA) is 85.8 Å². The summed E-state index contributed by atoms with van der Waals surface area (Å²) in [6.07, 6.45) is -0.625. The average molecular weight is 439 g/mol. The first-order chi connectivity index (χ1) is 14.7. The Labute approximate surface area is 187 Å². The molecule has 0 bridgehead atoms. The number of guanidine groups is 1. The highest BCUT2D eigenvalue weighted by Crippen LogP contribution is 2.29. The molecule has 7 heteroatoms. The van der Waals surface area contributed by atoms with E-state index in [1.54, 1.807) is 24.5 Å². The number of rotatable bonds is 6. The smallest absolute Gasteiger partial charge is 0.251 e. The van der Waals surface area contributed by atoms with Crippen LogP contribution in [0.4, 0.5) is 0 Å². The van der Waals surface area contributed by atoms with E-state index in [1.807, 2.05) is 63.2 Å². The van der Waals surface area contributed by atoms with Gasteiger partial charge in [-0.25, -0.2) is 0 Å². The van der Waals surface area contributed by atoms with Crippen LogP contribution in [0.25, 0.3) is 10.1 Å². The number of carbonyl (C=O) groups is 1. The summed E-state index contributed by atoms with van der Waals surface area (Å²) in [5.41, 5.74) is 1.30. The van der Waals surface area contributed by atoms with Crippen LogP contribution in [0.3, 0.4) is 0 Å². The van der Waals surface area contributed by atoms with E-state index in [0.29, 0.717) is 24.6 Å². The van der Waals surface area contributed by atoms with E-state index in [9.17, 15) is 9.90 Å². The second kappa shape index (κ2) is 9.94. The van der Waals surface area contributed by atoms with E-state index in [1.165, 1.54) is 0 Å². The highest BCUT2D eigenvalue weighted by atomic mass is 32.1. The normalized spacial score (nSPS) is 13.1. The van der Waals surface area contributed by atoms with Gasteiger partial charge in [-0.2, -0.15) is 0 Å². The molecule has 1 unspecified atom stereocenters. The standard InChI is InChI=1S/C24H30N4O2S/c1-24(2,3)28-22(30)18-10-7-8-16(12-18)14-26-23(25-4)27-15-19(29)21-13-17-9-5-6-11-20(17)31-21/h5-13,19,29H,14-15H2,1-4H3,(H,28,30)(H2,25,26,27). The number of aliphatic hydroxyl groups excluding tert-OH is 1. The molecule has 0 aliphatic carbocycles. The number of amides is 1. The number of fused-ring (bicyclic) bond motifs is 1. The van der Waals surface area contributed by atoms with Crippen molar-refractivity contribution in [3.63, 3.8) is 0 Å². The van der Waals surface area contributed by atoms with E-state index >= 15 is 0 Å². The van der Waals surface area contributed by atoms with Crippen LogP contribution in [0.15, 0.2) is 59.6 Å². The molecule has 0 radical (unpaired) electrons. The van der Waals surface area contributed by atoms with Crippen LogP contribution >= 0.6 is 11.3 Å². The molecule has 31 heavy (non-hydrogen) atoms. The third-order valence-corrected chi connectivity index (χ3v) is 5.81. The zero-order valence-corrected chi connectivity index (χ0v) is 19.2. The molecule has 1 aromatic heterocycles. The predicted molar refractivity (Wildman–Crippen MR) is 129 cm³/mol. The number of carbonyl (C=O) groups excluding carboxylic acids is 1. The summed E-state index contributed by atoms with van der Waals surface area (Å²) in [5, 5.41) is 21.1. The molecule has 3 aromatic rings. The number of nitrogens with one attached hydrogen (secondary N) is 3. The van der Waals surface area contributed by atoms with Crippen molar-refractivity contribution < 1.29 is 9.90 Å². The van der Waals surface area contributed by atoms with Crippen molar-refractivity contribution in [3.8, 4) is 0 Å². The minimum atomic E-state index is -0.625. The monoisotopic (exact) mass is 438 g/mol. The van der Waals surface area contributed by atoms with Gasteiger partial charge in [0.15, 0.2) is 5.96 Å². The van der Waals surface area contributed by atoms with Crippen LogP contribution in [-0.2, 0) is 6.54 Å². The van der Waals surface area contributed by atoms with Gasteiger partial charge in [-0.1, -0.05) is 30.3 Å². The number of hydrogen-bond acceptors (Lipinski definition) is 4. The van der Waals surface area contributed by atoms with Gasteiger partial charge in [0.05, 0.1) is 0 Å². The summed E-state index contributed by atoms with van der Waals surface area (Å²) >= 11 is 1.59. The largest absolute Gasteiger partial charge is 0.386 e. The van der Waals surface area contributed by atoms with Crippen molar-refractivity contribution in [2.75, 3.05) is 13.6 Å². The second-order valence-corrected chi connectivity index (χ2v) is 9.53. The third kappa shape index (κ3) is 6.54. The lowest BCUT2D eigenvalue weighted by Crippen LogP contribution is -2.40. The van der Waals surface area contributed by atoms with Crippen LogP contribution in [0.2, 0.25) is 0 Å². The van der Waals surface area contributed by atoms with Gasteiger partial charge in [0.25, 0.3) is 5.91 Å². The highest BCUT2D eigenvalue weighted by Gasteiger charge is 2.16. The maximum absolute atomic E-state index is 12.4. The lowest BCUT2D eigenvalue weighted by atomic mass is 10.1. The van der Waals surface area contributed by atoms with Crippen molar-refractivity contribution in [2.45, 2.75) is 39.0 Å². The van der Waals surface area contributed by atoms with E-state index in [4.69, 9.17) is 0 Å². The van der Waals surface area contributed by atoms with Crippen molar-refractivity contribution >= 4 is 33.3 Å². The van der Waals surface area contributed by atoms with Crippen LogP contribution in [0.1, 0.15) is 47.7 Å². The number of aliphatic imine (C=N–C) groups is 1. The van der Waals surface area contributed by atoms with Gasteiger partial charge in [-0.3, -0.25) is 9.79 Å². The van der Waals surface area contributed by atoms with Gasteiger partial charge in [0.2, 0.25) is 0 Å². The number of nitrogens with zero attached hydrogens (tertiary/aromatic N) is 1. The van der Waals surface area contributed by atoms with E-state index in [-0.39, 0.29) is 11.4 Å². The Kier molecular flexibility index (Phi) is 7.30. The Hall–Kier alpha value is -2.90. The molecule has 1 heterocycles. The molecule has 6 nitrogen and oxygen atoms in total. The molecule has 3 rings (SSSR count). The van der Waals surface area contributed by atoms with Gasteiger partial charge in [0, 0.05) is 40.8 Å². The fourth-order valence-corrected chi connectivity index (χ4v) is 4.15. The Bertz CT molecular complexity index is 1040. The first kappa shape index (κ1) is 22.8. The van der Waals surface area contributed by atoms with Crippen molar-refractivity contribution in [3.05, 3.63) is 70.6 Å². The summed E-state index contributed by atoms with van der Waals surface area (Å²) in [6, 6.07) is 17.6. The Morgan fingerprint density at radius 3 is 2.58 bits per heavy atom. The SMILES string of the molecule is CN=C(NCc1cccc(C(=O)NC(C)(C)C)c1)NCC(O)c1cc2ccccc2s1. The minimum Gasteiger partial charge on any atom is -0.386 e. The zero-order valence-electron chi connectivity index (χ0n) is 18.4. The maximum Gasteiger partial charge on any atom is 0.251 e. The molecular weight excluding hydrogens is 408 g/mol. The minimum absolute atomic E-state index is 0.0942. The van der Waals surface area contributed by atoms with Crippen molar-refractivity contribution in [2.24, 2.45) is 4.99 Å². The number of benzene rings is 2. The molecule has 0 saturated carbocycles. The van der Waals surface area contributed by atoms with Gasteiger partial charge in [-0.05, 0) is 56.0 Å². The summed E-state index contributed by atoms with van der Waals surface area (Å²) in [7, 11) is 1.69. The van der Waals surface area contributed by atoms with Gasteiger partial charge in [-0.15, -0.1) is 11.3 Å². The van der Waals surface area contributed by atoms with Crippen LogP contribution in [-0.4, -0.2) is 36.1 Å². The van der Waals surface area contributed by atoms with Crippen LogP contribution < -0.4 is 16.0 Å². The molecule has 1 atom stereocenters. The summed E-state index contributed by atoms with van der Waals surface area (Å²) in [6.45, 7) is 6.73. The second-order valence-electron chi connectivity index (χ2n) is 8.41. The average Bonchev–Trinajstić information content (AvgIpc) is 3.17. The predicted octanol–water partition coefficient (Wildman–Crippen LogP) is 3.83. The quantitative estimate of drug-likeness (QED) is 0.348. The van der Waals surface area contributed by atoms with Gasteiger partial charge >= 0.3 is 0 Å². The molecular formula is C24H30N4O2S. The molecule has 0 saturated heterocycles. The lowest BCUT2D eigenvalue weighted by Gasteiger charge is -2.20. The first-order valence-electron chi connectivity index (χ1n) is 10.3. The number of hydrogen-bond donors (Lipinski definition) is 4. The summed E-state index contributed by atoms with van der Waals surface area (Å²) in [5.74, 6) is 0.494. The van der Waals surface area contributed by atoms with Gasteiger partial charge in [0.1, 0.15) is 6.10 Å². The highest BCUT2D eigenvalue weighted by molar-refractivity contribution is 7.19. The van der Waals surface area contributed by atoms with E-state index in [0.717, 1.165) is 20.5 Å². The fraction of sp³-hybridized carbons (Fsp3) is 0.333. The van der Waals surface area contributed by atoms with Gasteiger partial charge < -0.3 is 21.1 Å². The molecule has 4 N–H and O–H groups in total. The molecule has 0 fully saturated rings. The van der Waals surface area contributed by atoms with E-state index < -0.39 is 6.10 Å². The molecule has 0 aliphatic heterocycles. The fourth-order valence-electron chi connectivity index (χ4n) is 3.10. The summed E-state index contributed by atoms with van der Waals surface area (Å²) in [4.78, 5) is 17.5. The lowest BCUT2D eigenvalue weighted by molar-refractivity contribution is 0.0919. The Balaban J connectivity index is 1.54. The molecule has 2 aromatic carbocycles. The van der Waals surface area contributed by atoms with E-state index in [2.05, 4.69) is 27.0 Å². The van der Waals surface area contributed by atoms with Crippen molar-refractivity contribution in [1.82, 2.24) is 16.0 Å². The van der Waals surface area contributed by atoms with Crippen LogP contribution in [0.5, 0.6) is 0 Å². The number of aliphatic hydroxyl groups is 1. The van der Waals surface area contributed by atoms with Crippen molar-refractivity contribution in [1.29, 1.82) is 0 Å². The van der Waals surface area contributed by atoms with Crippen LogP contribution in [0, 0.1) is 0 Å². The first-order valence-corrected chi connectivity index (χ1v) is 11.1. The Morgan fingerprint density at radius 1 is 1.10 bits per heavy atom. The Morgan fingerprint density at radius 2 is 1.87 bits per heavy atom. The molecule has 0 spiro atoms. The molecule has 0 aliphatic rings. The third-order valence-electron chi connectivity index (χ3n) is 4.60. The maximum atomic E-state index is 12.4. The number of thiophene rings is 1. The zero-order chi connectivity index (χ0) is 22.4. The molecule has 1 amide bonds.